The number of nitriles is 1. The summed E-state index contributed by atoms with van der Waals surface area (Å²) in [6, 6.07) is 1.41. The zero-order valence-electron chi connectivity index (χ0n) is 4.93. The maximum Gasteiger partial charge on any atom is 0.188 e. The summed E-state index contributed by atoms with van der Waals surface area (Å²) in [6.45, 7) is 0. The van der Waals surface area contributed by atoms with Crippen LogP contribution in [-0.2, 0) is 9.84 Å². The summed E-state index contributed by atoms with van der Waals surface area (Å²) in [5.74, 6) is 0. The predicted molar refractivity (Wildman–Crippen MR) is 39.2 cm³/mol. The summed E-state index contributed by atoms with van der Waals surface area (Å²) in [4.78, 5) is 0. The van der Waals surface area contributed by atoms with Crippen molar-refractivity contribution in [2.45, 2.75) is 0 Å². The lowest BCUT2D eigenvalue weighted by atomic mass is 10.7. The van der Waals surface area contributed by atoms with E-state index in [2.05, 4.69) is 0 Å². The van der Waals surface area contributed by atoms with E-state index >= 15 is 0 Å². The van der Waals surface area contributed by atoms with Crippen LogP contribution >= 0.6 is 23.2 Å². The van der Waals surface area contributed by atoms with Gasteiger partial charge in [-0.15, -0.1) is 0 Å². The van der Waals surface area contributed by atoms with E-state index in [1.807, 2.05) is 0 Å². The molecule has 0 spiro atoms. The van der Waals surface area contributed by atoms with Gasteiger partial charge in [0.1, 0.15) is 11.1 Å². The molecule has 0 unspecified atom stereocenters. The molecule has 0 aromatic rings. The zero-order chi connectivity index (χ0) is 8.36. The molecule has 0 aliphatic heterocycles. The minimum absolute atomic E-state index is 0.510. The van der Waals surface area contributed by atoms with Crippen molar-refractivity contribution in [1.29, 1.82) is 5.26 Å². The Morgan fingerprint density at radius 1 is 1.50 bits per heavy atom. The lowest BCUT2D eigenvalue weighted by Gasteiger charge is -1.91. The second-order valence-electron chi connectivity index (χ2n) is 1.47. The minimum atomic E-state index is -3.52. The van der Waals surface area contributed by atoms with Crippen molar-refractivity contribution in [3.63, 3.8) is 0 Å². The number of nitrogens with zero attached hydrogens (tertiary/aromatic N) is 1. The SMILES string of the molecule is CS(=O)(=O)/C(Cl)=C(/Cl)C#N. The van der Waals surface area contributed by atoms with E-state index in [9.17, 15) is 8.42 Å². The molecule has 6 heteroatoms. The van der Waals surface area contributed by atoms with Crippen molar-refractivity contribution >= 4 is 33.0 Å². The van der Waals surface area contributed by atoms with Crippen LogP contribution < -0.4 is 0 Å². The van der Waals surface area contributed by atoms with Gasteiger partial charge in [0.25, 0.3) is 0 Å². The molecule has 0 amide bonds. The smallest absolute Gasteiger partial charge is 0.188 e. The van der Waals surface area contributed by atoms with Gasteiger partial charge in [-0.25, -0.2) is 8.42 Å². The summed E-state index contributed by atoms with van der Waals surface area (Å²) in [6.07, 6.45) is 0.870. The predicted octanol–water partition coefficient (Wildman–Crippen LogP) is 1.20. The van der Waals surface area contributed by atoms with Crippen LogP contribution in [0.2, 0.25) is 0 Å². The van der Waals surface area contributed by atoms with E-state index < -0.39 is 19.2 Å². The van der Waals surface area contributed by atoms with Gasteiger partial charge >= 0.3 is 0 Å². The molecule has 0 radical (unpaired) electrons. The molecule has 0 bridgehead atoms. The Bertz CT molecular complexity index is 298. The van der Waals surface area contributed by atoms with Gasteiger partial charge in [-0.2, -0.15) is 5.26 Å². The molecule has 0 atom stereocenters. The average molecular weight is 200 g/mol. The van der Waals surface area contributed by atoms with Crippen molar-refractivity contribution in [3.8, 4) is 6.07 Å². The third-order valence-corrected chi connectivity index (χ3v) is 2.96. The van der Waals surface area contributed by atoms with Gasteiger partial charge < -0.3 is 0 Å². The molecule has 0 N–H and O–H groups in total. The molecular weight excluding hydrogens is 197 g/mol. The van der Waals surface area contributed by atoms with Crippen molar-refractivity contribution < 1.29 is 8.42 Å². The summed E-state index contributed by atoms with van der Waals surface area (Å²) in [5.41, 5.74) is 0. The van der Waals surface area contributed by atoms with Gasteiger partial charge in [0, 0.05) is 6.26 Å². The lowest BCUT2D eigenvalue weighted by Crippen LogP contribution is -1.95. The molecule has 0 fully saturated rings. The number of rotatable bonds is 1. The fraction of sp³-hybridized carbons (Fsp3) is 0.250. The third-order valence-electron chi connectivity index (χ3n) is 0.596. The molecule has 0 saturated heterocycles. The van der Waals surface area contributed by atoms with E-state index in [1.54, 1.807) is 0 Å². The van der Waals surface area contributed by atoms with E-state index in [0.29, 0.717) is 0 Å². The van der Waals surface area contributed by atoms with Crippen LogP contribution in [0.5, 0.6) is 0 Å². The van der Waals surface area contributed by atoms with Crippen molar-refractivity contribution in [2.24, 2.45) is 0 Å². The van der Waals surface area contributed by atoms with Crippen molar-refractivity contribution in [3.05, 3.63) is 9.40 Å². The third kappa shape index (κ3) is 2.56. The Morgan fingerprint density at radius 2 is 1.90 bits per heavy atom. The van der Waals surface area contributed by atoms with E-state index in [0.717, 1.165) is 6.26 Å². The molecule has 0 saturated carbocycles. The monoisotopic (exact) mass is 199 g/mol. The lowest BCUT2D eigenvalue weighted by molar-refractivity contribution is 0.609. The van der Waals surface area contributed by atoms with E-state index in [1.165, 1.54) is 6.07 Å². The van der Waals surface area contributed by atoms with Crippen LogP contribution in [0.3, 0.4) is 0 Å². The van der Waals surface area contributed by atoms with Crippen LogP contribution in [0.25, 0.3) is 0 Å². The first-order valence-electron chi connectivity index (χ1n) is 2.05. The molecule has 3 nitrogen and oxygen atoms in total. The molecule has 0 aromatic heterocycles. The molecule has 0 rings (SSSR count). The first-order chi connectivity index (χ1) is 4.39. The van der Waals surface area contributed by atoms with Gasteiger partial charge in [0.2, 0.25) is 0 Å². The molecule has 56 valence electrons. The number of halogens is 2. The second kappa shape index (κ2) is 3.24. The Morgan fingerprint density at radius 3 is 2.00 bits per heavy atom. The quantitative estimate of drug-likeness (QED) is 0.597. The molecule has 10 heavy (non-hydrogen) atoms. The number of hydrogen-bond acceptors (Lipinski definition) is 3. The van der Waals surface area contributed by atoms with E-state index in [-0.39, 0.29) is 0 Å². The molecule has 0 aliphatic rings. The second-order valence-corrected chi connectivity index (χ2v) is 4.40. The first kappa shape index (κ1) is 9.76. The summed E-state index contributed by atoms with van der Waals surface area (Å²) >= 11 is 10.3. The Balaban J connectivity index is 5.09. The van der Waals surface area contributed by atoms with Crippen LogP contribution in [0.15, 0.2) is 9.40 Å². The summed E-state index contributed by atoms with van der Waals surface area (Å²) < 4.78 is 20.4. The Labute approximate surface area is 68.8 Å². The topological polar surface area (TPSA) is 57.9 Å². The van der Waals surface area contributed by atoms with Crippen LogP contribution in [0.4, 0.5) is 0 Å². The first-order valence-corrected chi connectivity index (χ1v) is 4.69. The summed E-state index contributed by atoms with van der Waals surface area (Å²) in [7, 11) is -3.52. The van der Waals surface area contributed by atoms with Gasteiger partial charge in [-0.05, 0) is 0 Å². The standard InChI is InChI=1S/C4H3Cl2NO2S/c1-10(8,9)4(6)3(5)2-7/h1H3/b4-3+. The minimum Gasteiger partial charge on any atom is -0.223 e. The fourth-order valence-corrected chi connectivity index (χ4v) is 1.04. The fourth-order valence-electron chi connectivity index (χ4n) is 0.207. The van der Waals surface area contributed by atoms with Crippen LogP contribution in [0, 0.1) is 11.3 Å². The Hall–Kier alpha value is -0.240. The highest BCUT2D eigenvalue weighted by Crippen LogP contribution is 2.17. The zero-order valence-corrected chi connectivity index (χ0v) is 7.26. The van der Waals surface area contributed by atoms with Crippen molar-refractivity contribution in [2.75, 3.05) is 6.26 Å². The van der Waals surface area contributed by atoms with E-state index in [4.69, 9.17) is 28.5 Å². The highest BCUT2D eigenvalue weighted by Gasteiger charge is 2.12. The highest BCUT2D eigenvalue weighted by molar-refractivity contribution is 7.96. The number of allylic oxidation sites excluding steroid dienone is 1. The van der Waals surface area contributed by atoms with Crippen LogP contribution in [0.1, 0.15) is 0 Å². The van der Waals surface area contributed by atoms with Gasteiger partial charge in [-0.3, -0.25) is 0 Å². The van der Waals surface area contributed by atoms with Gasteiger partial charge in [0.15, 0.2) is 14.2 Å². The molecular formula is C4H3Cl2NO2S. The van der Waals surface area contributed by atoms with Crippen molar-refractivity contribution in [1.82, 2.24) is 0 Å². The Kier molecular flexibility index (Phi) is 3.16. The number of hydrogen-bond donors (Lipinski definition) is 0. The van der Waals surface area contributed by atoms with Gasteiger partial charge in [-0.1, -0.05) is 23.2 Å². The maximum absolute atomic E-state index is 10.5. The largest absolute Gasteiger partial charge is 0.223 e. The molecule has 0 heterocycles. The normalized spacial score (nSPS) is 13.8. The summed E-state index contributed by atoms with van der Waals surface area (Å²) in [5, 5.41) is 7.57. The highest BCUT2D eigenvalue weighted by atomic mass is 35.5. The molecule has 0 aliphatic carbocycles. The number of sulfone groups is 1. The average Bonchev–Trinajstić information content (AvgIpc) is 1.83. The maximum atomic E-state index is 10.5. The molecule has 0 aromatic carbocycles. The van der Waals surface area contributed by atoms with Crippen LogP contribution in [-0.4, -0.2) is 14.7 Å². The van der Waals surface area contributed by atoms with Gasteiger partial charge in [0.05, 0.1) is 0 Å².